The fourth-order valence-electron chi connectivity index (χ4n) is 5.12. The van der Waals surface area contributed by atoms with E-state index in [9.17, 15) is 9.59 Å². The molecular weight excluding hydrogens is 340 g/mol. The monoisotopic (exact) mass is 370 g/mol. The van der Waals surface area contributed by atoms with Gasteiger partial charge in [0.15, 0.2) is 0 Å². The normalized spacial score (nSPS) is 38.8. The minimum Gasteiger partial charge on any atom is -0.469 e. The number of hydrogen-bond donors (Lipinski definition) is 0. The molecule has 2 aliphatic carbocycles. The Morgan fingerprint density at radius 1 is 1.04 bits per heavy atom. The highest BCUT2D eigenvalue weighted by atomic mass is 32.2. The minimum atomic E-state index is -0.501. The summed E-state index contributed by atoms with van der Waals surface area (Å²) in [5.41, 5.74) is 0. The molecule has 3 aliphatic rings. The number of methoxy groups -OCH3 is 2. The number of fused-ring (bicyclic) bond motifs is 1. The van der Waals surface area contributed by atoms with Crippen molar-refractivity contribution in [2.45, 2.75) is 68.7 Å². The smallest absolute Gasteiger partial charge is 0.309 e. The number of carbonyl (C=O) groups excluding carboxylic acids is 2. The third-order valence-electron chi connectivity index (χ3n) is 6.32. The molecule has 5 atom stereocenters. The van der Waals surface area contributed by atoms with Gasteiger partial charge in [-0.1, -0.05) is 27.2 Å². The molecule has 1 aliphatic heterocycles. The predicted molar refractivity (Wildman–Crippen MR) is 96.0 cm³/mol. The first-order chi connectivity index (χ1) is 11.7. The van der Waals surface area contributed by atoms with Crippen LogP contribution in [-0.4, -0.2) is 41.9 Å². The van der Waals surface area contributed by atoms with Crippen molar-refractivity contribution in [3.8, 4) is 0 Å². The van der Waals surface area contributed by atoms with Gasteiger partial charge < -0.3 is 14.2 Å². The van der Waals surface area contributed by atoms with Gasteiger partial charge in [-0.3, -0.25) is 9.59 Å². The van der Waals surface area contributed by atoms with Crippen molar-refractivity contribution in [2.75, 3.05) is 14.2 Å². The van der Waals surface area contributed by atoms with Crippen LogP contribution in [0.3, 0.4) is 0 Å². The molecule has 3 fully saturated rings. The second-order valence-electron chi connectivity index (χ2n) is 8.46. The van der Waals surface area contributed by atoms with Crippen LogP contribution in [0.1, 0.15) is 52.9 Å². The van der Waals surface area contributed by atoms with Crippen molar-refractivity contribution in [1.29, 1.82) is 0 Å². The van der Waals surface area contributed by atoms with Crippen LogP contribution in [0.5, 0.6) is 0 Å². The van der Waals surface area contributed by atoms with Crippen LogP contribution >= 0.6 is 11.8 Å². The second kappa shape index (κ2) is 6.76. The van der Waals surface area contributed by atoms with Gasteiger partial charge in [0.25, 0.3) is 0 Å². The minimum absolute atomic E-state index is 0.0642. The molecule has 5 nitrogen and oxygen atoms in total. The van der Waals surface area contributed by atoms with Crippen molar-refractivity contribution in [3.05, 3.63) is 0 Å². The molecule has 1 saturated heterocycles. The van der Waals surface area contributed by atoms with Gasteiger partial charge in [-0.2, -0.15) is 0 Å². The van der Waals surface area contributed by atoms with Crippen LogP contribution in [0, 0.1) is 23.7 Å². The van der Waals surface area contributed by atoms with Crippen molar-refractivity contribution >= 4 is 23.7 Å². The van der Waals surface area contributed by atoms with Gasteiger partial charge in [-0.25, -0.2) is 0 Å². The lowest BCUT2D eigenvalue weighted by atomic mass is 9.74. The summed E-state index contributed by atoms with van der Waals surface area (Å²) in [6.45, 7) is 6.85. The van der Waals surface area contributed by atoms with E-state index in [2.05, 4.69) is 20.8 Å². The van der Waals surface area contributed by atoms with Crippen LogP contribution in [0.25, 0.3) is 0 Å². The standard InChI is InChI=1S/C19H30O5S/c1-11-6-7-14-15(8-11)24-19(25-18(14,2)3)9-12(16(20)22-4)13(10-19)17(21)23-5/h11-15H,6-10H2,1-5H3/t11-,12+,13+,14-,15-/m1/s1. The topological polar surface area (TPSA) is 61.8 Å². The zero-order chi connectivity index (χ0) is 18.4. The van der Waals surface area contributed by atoms with E-state index in [4.69, 9.17) is 14.2 Å². The van der Waals surface area contributed by atoms with Crippen molar-refractivity contribution in [1.82, 2.24) is 0 Å². The van der Waals surface area contributed by atoms with E-state index in [1.54, 1.807) is 0 Å². The lowest BCUT2D eigenvalue weighted by Gasteiger charge is -2.54. The maximum Gasteiger partial charge on any atom is 0.309 e. The molecule has 1 heterocycles. The first-order valence-corrected chi connectivity index (χ1v) is 10.1. The number of thioether (sulfide) groups is 1. The Bertz CT molecular complexity index is 522. The largest absolute Gasteiger partial charge is 0.469 e. The molecule has 2 saturated carbocycles. The highest BCUT2D eigenvalue weighted by molar-refractivity contribution is 8.01. The Kier molecular flexibility index (Phi) is 5.15. The molecular formula is C19H30O5S. The summed E-state index contributed by atoms with van der Waals surface area (Å²) < 4.78 is 16.6. The van der Waals surface area contributed by atoms with Crippen LogP contribution < -0.4 is 0 Å². The quantitative estimate of drug-likeness (QED) is 0.694. The average Bonchev–Trinajstić information content (AvgIpc) is 2.90. The Morgan fingerprint density at radius 3 is 2.12 bits per heavy atom. The summed E-state index contributed by atoms with van der Waals surface area (Å²) in [6, 6.07) is 0. The summed E-state index contributed by atoms with van der Waals surface area (Å²) in [6.07, 6.45) is 4.73. The van der Waals surface area contributed by atoms with Gasteiger partial charge in [0.1, 0.15) is 4.93 Å². The molecule has 0 aromatic carbocycles. The van der Waals surface area contributed by atoms with E-state index in [0.29, 0.717) is 24.7 Å². The van der Waals surface area contributed by atoms with E-state index in [-0.39, 0.29) is 22.8 Å². The van der Waals surface area contributed by atoms with Gasteiger partial charge in [0, 0.05) is 4.75 Å². The fraction of sp³-hybridized carbons (Fsp3) is 0.895. The first kappa shape index (κ1) is 19.0. The summed E-state index contributed by atoms with van der Waals surface area (Å²) in [4.78, 5) is 24.0. The predicted octanol–water partition coefficient (Wildman–Crippen LogP) is 3.40. The molecule has 0 radical (unpaired) electrons. The van der Waals surface area contributed by atoms with Gasteiger partial charge in [0.05, 0.1) is 32.2 Å². The maximum atomic E-state index is 12.3. The molecule has 25 heavy (non-hydrogen) atoms. The summed E-state index contributed by atoms with van der Waals surface area (Å²) in [7, 11) is 2.75. The maximum absolute atomic E-state index is 12.3. The average molecular weight is 371 g/mol. The third kappa shape index (κ3) is 3.44. The Labute approximate surface area is 154 Å². The SMILES string of the molecule is COC(=O)[C@H]1CC2(C[C@@H]1C(=O)OC)O[C@@H]1C[C@H](C)CC[C@H]1C(C)(C)S2. The lowest BCUT2D eigenvalue weighted by molar-refractivity contribution is -0.156. The molecule has 0 N–H and O–H groups in total. The zero-order valence-electron chi connectivity index (χ0n) is 15.9. The molecule has 0 aromatic rings. The molecule has 1 spiro atoms. The number of ether oxygens (including phenoxy) is 3. The molecule has 0 aromatic heterocycles. The Balaban J connectivity index is 1.88. The molecule has 6 heteroatoms. The summed E-state index contributed by atoms with van der Waals surface area (Å²) in [5.74, 6) is -0.474. The number of hydrogen-bond acceptors (Lipinski definition) is 6. The molecule has 0 unspecified atom stereocenters. The van der Waals surface area contributed by atoms with Crippen LogP contribution in [0.2, 0.25) is 0 Å². The number of esters is 2. The highest BCUT2D eigenvalue weighted by Crippen LogP contribution is 2.61. The first-order valence-electron chi connectivity index (χ1n) is 9.25. The second-order valence-corrected chi connectivity index (χ2v) is 10.5. The fourth-order valence-corrected chi connectivity index (χ4v) is 7.20. The molecule has 3 rings (SSSR count). The molecule has 0 bridgehead atoms. The van der Waals surface area contributed by atoms with Crippen molar-refractivity contribution < 1.29 is 23.8 Å². The van der Waals surface area contributed by atoms with Gasteiger partial charge in [-0.05, 0) is 37.5 Å². The number of carbonyl (C=O) groups is 2. The Hall–Kier alpha value is -0.750. The Morgan fingerprint density at radius 2 is 1.60 bits per heavy atom. The van der Waals surface area contributed by atoms with E-state index in [1.165, 1.54) is 27.1 Å². The van der Waals surface area contributed by atoms with E-state index in [0.717, 1.165) is 6.42 Å². The summed E-state index contributed by atoms with van der Waals surface area (Å²) >= 11 is 1.81. The van der Waals surface area contributed by atoms with E-state index < -0.39 is 16.8 Å². The molecule has 142 valence electrons. The summed E-state index contributed by atoms with van der Waals surface area (Å²) in [5, 5.41) is 0. The van der Waals surface area contributed by atoms with E-state index in [1.807, 2.05) is 11.8 Å². The van der Waals surface area contributed by atoms with Crippen molar-refractivity contribution in [3.63, 3.8) is 0 Å². The van der Waals surface area contributed by atoms with Crippen LogP contribution in [-0.2, 0) is 23.8 Å². The number of rotatable bonds is 2. The van der Waals surface area contributed by atoms with Gasteiger partial charge >= 0.3 is 11.9 Å². The molecule has 0 amide bonds. The van der Waals surface area contributed by atoms with Gasteiger partial charge in [0.2, 0.25) is 0 Å². The van der Waals surface area contributed by atoms with Crippen molar-refractivity contribution in [2.24, 2.45) is 23.7 Å². The third-order valence-corrected chi connectivity index (χ3v) is 7.95. The highest BCUT2D eigenvalue weighted by Gasteiger charge is 2.60. The van der Waals surface area contributed by atoms with Crippen LogP contribution in [0.4, 0.5) is 0 Å². The lowest BCUT2D eigenvalue weighted by Crippen LogP contribution is -2.53. The zero-order valence-corrected chi connectivity index (χ0v) is 16.7. The van der Waals surface area contributed by atoms with Crippen LogP contribution in [0.15, 0.2) is 0 Å². The van der Waals surface area contributed by atoms with Gasteiger partial charge in [-0.15, -0.1) is 11.8 Å². The van der Waals surface area contributed by atoms with E-state index >= 15 is 0 Å².